The second-order valence-corrected chi connectivity index (χ2v) is 4.33. The summed E-state index contributed by atoms with van der Waals surface area (Å²) in [6, 6.07) is 15.2. The molecule has 0 aliphatic rings. The summed E-state index contributed by atoms with van der Waals surface area (Å²) in [5.41, 5.74) is 2.61. The van der Waals surface area contributed by atoms with Crippen LogP contribution in [0.3, 0.4) is 0 Å². The smallest absolute Gasteiger partial charge is 0.251 e. The first-order valence-electron chi connectivity index (χ1n) is 6.42. The van der Waals surface area contributed by atoms with E-state index in [-0.39, 0.29) is 5.91 Å². The second-order valence-electron chi connectivity index (χ2n) is 4.33. The summed E-state index contributed by atoms with van der Waals surface area (Å²) in [5.74, 6) is 0.758. The maximum Gasteiger partial charge on any atom is 0.251 e. The summed E-state index contributed by atoms with van der Waals surface area (Å²) in [7, 11) is 3.28. The first-order valence-corrected chi connectivity index (χ1v) is 6.42. The summed E-state index contributed by atoms with van der Waals surface area (Å²) in [5, 5.41) is 5.91. The molecule has 20 heavy (non-hydrogen) atoms. The Morgan fingerprint density at radius 1 is 1.15 bits per heavy atom. The number of carbonyl (C=O) groups excluding carboxylic acids is 1. The molecular weight excluding hydrogens is 252 g/mol. The number of ether oxygens (including phenoxy) is 1. The first-order chi connectivity index (χ1) is 9.74. The minimum Gasteiger partial charge on any atom is -0.496 e. The number of hydrogen-bond acceptors (Lipinski definition) is 3. The van der Waals surface area contributed by atoms with Crippen molar-refractivity contribution in [1.82, 2.24) is 5.32 Å². The van der Waals surface area contributed by atoms with Crippen molar-refractivity contribution in [2.45, 2.75) is 6.54 Å². The van der Waals surface area contributed by atoms with Gasteiger partial charge in [-0.3, -0.25) is 4.79 Å². The Morgan fingerprint density at radius 2 is 1.95 bits per heavy atom. The highest BCUT2D eigenvalue weighted by Gasteiger charge is 2.05. The number of amides is 1. The number of nitrogens with one attached hydrogen (secondary N) is 2. The number of rotatable bonds is 5. The summed E-state index contributed by atoms with van der Waals surface area (Å²) in [6.07, 6.45) is 0. The van der Waals surface area contributed by atoms with Gasteiger partial charge in [0.1, 0.15) is 5.75 Å². The van der Waals surface area contributed by atoms with Gasteiger partial charge in [-0.15, -0.1) is 0 Å². The van der Waals surface area contributed by atoms with Crippen molar-refractivity contribution in [2.24, 2.45) is 0 Å². The van der Waals surface area contributed by atoms with Gasteiger partial charge in [0.05, 0.1) is 7.11 Å². The topological polar surface area (TPSA) is 50.4 Å². The fraction of sp³-hybridized carbons (Fsp3) is 0.188. The largest absolute Gasteiger partial charge is 0.496 e. The van der Waals surface area contributed by atoms with Crippen molar-refractivity contribution in [1.29, 1.82) is 0 Å². The quantitative estimate of drug-likeness (QED) is 0.878. The highest BCUT2D eigenvalue weighted by molar-refractivity contribution is 5.94. The molecule has 0 bridgehead atoms. The van der Waals surface area contributed by atoms with Gasteiger partial charge in [0.15, 0.2) is 0 Å². The van der Waals surface area contributed by atoms with E-state index >= 15 is 0 Å². The minimum atomic E-state index is -0.0917. The standard InChI is InChI=1S/C16H18N2O2/c1-17-16(19)12-7-5-8-14(10-12)18-11-13-6-3-4-9-15(13)20-2/h3-10,18H,11H2,1-2H3,(H,17,19). The third kappa shape index (κ3) is 3.29. The van der Waals surface area contributed by atoms with Crippen molar-refractivity contribution < 1.29 is 9.53 Å². The summed E-state index contributed by atoms with van der Waals surface area (Å²) < 4.78 is 5.31. The van der Waals surface area contributed by atoms with E-state index in [1.165, 1.54) is 0 Å². The molecule has 0 aliphatic carbocycles. The lowest BCUT2D eigenvalue weighted by Crippen LogP contribution is -2.17. The lowest BCUT2D eigenvalue weighted by atomic mass is 10.1. The van der Waals surface area contributed by atoms with Gasteiger partial charge in [0, 0.05) is 30.4 Å². The average molecular weight is 270 g/mol. The molecule has 0 fully saturated rings. The van der Waals surface area contributed by atoms with Gasteiger partial charge in [-0.05, 0) is 24.3 Å². The summed E-state index contributed by atoms with van der Waals surface area (Å²) >= 11 is 0. The lowest BCUT2D eigenvalue weighted by Gasteiger charge is -2.11. The Labute approximate surface area is 118 Å². The maximum atomic E-state index is 11.6. The predicted octanol–water partition coefficient (Wildman–Crippen LogP) is 2.67. The summed E-state index contributed by atoms with van der Waals surface area (Å²) in [4.78, 5) is 11.6. The molecule has 4 heteroatoms. The molecule has 0 heterocycles. The zero-order valence-corrected chi connectivity index (χ0v) is 11.6. The minimum absolute atomic E-state index is 0.0917. The van der Waals surface area contributed by atoms with Gasteiger partial charge in [-0.1, -0.05) is 24.3 Å². The molecule has 1 amide bonds. The Balaban J connectivity index is 2.09. The van der Waals surface area contributed by atoms with Crippen LogP contribution in [0.1, 0.15) is 15.9 Å². The Kier molecular flexibility index (Phi) is 4.60. The zero-order valence-electron chi connectivity index (χ0n) is 11.6. The van der Waals surface area contributed by atoms with Crippen LogP contribution in [0, 0.1) is 0 Å². The number of carbonyl (C=O) groups is 1. The third-order valence-corrected chi connectivity index (χ3v) is 3.03. The number of hydrogen-bond donors (Lipinski definition) is 2. The molecule has 0 spiro atoms. The molecule has 0 radical (unpaired) electrons. The molecule has 2 aromatic carbocycles. The van der Waals surface area contributed by atoms with Crippen LogP contribution in [-0.4, -0.2) is 20.1 Å². The molecule has 4 nitrogen and oxygen atoms in total. The third-order valence-electron chi connectivity index (χ3n) is 3.03. The zero-order chi connectivity index (χ0) is 14.4. The molecule has 2 rings (SSSR count). The average Bonchev–Trinajstić information content (AvgIpc) is 2.52. The molecule has 0 aliphatic heterocycles. The van der Waals surface area contributed by atoms with Gasteiger partial charge in [0.2, 0.25) is 0 Å². The Bertz CT molecular complexity index is 597. The van der Waals surface area contributed by atoms with E-state index in [2.05, 4.69) is 10.6 Å². The van der Waals surface area contributed by atoms with E-state index in [9.17, 15) is 4.79 Å². The summed E-state index contributed by atoms with van der Waals surface area (Å²) in [6.45, 7) is 0.640. The number of benzene rings is 2. The molecule has 2 aromatic rings. The molecule has 2 N–H and O–H groups in total. The monoisotopic (exact) mass is 270 g/mol. The van der Waals surface area contributed by atoms with Crippen molar-refractivity contribution in [3.05, 3.63) is 59.7 Å². The Morgan fingerprint density at radius 3 is 2.70 bits per heavy atom. The van der Waals surface area contributed by atoms with Crippen molar-refractivity contribution >= 4 is 11.6 Å². The van der Waals surface area contributed by atoms with E-state index in [4.69, 9.17) is 4.74 Å². The molecule has 0 unspecified atom stereocenters. The fourth-order valence-electron chi connectivity index (χ4n) is 1.96. The van der Waals surface area contributed by atoms with Crippen molar-refractivity contribution in [2.75, 3.05) is 19.5 Å². The maximum absolute atomic E-state index is 11.6. The van der Waals surface area contributed by atoms with Crippen molar-refractivity contribution in [3.8, 4) is 5.75 Å². The van der Waals surface area contributed by atoms with Crippen LogP contribution < -0.4 is 15.4 Å². The fourth-order valence-corrected chi connectivity index (χ4v) is 1.96. The molecule has 104 valence electrons. The van der Waals surface area contributed by atoms with Crippen LogP contribution in [0.5, 0.6) is 5.75 Å². The molecule has 0 atom stereocenters. The molecule has 0 aromatic heterocycles. The van der Waals surface area contributed by atoms with Crippen LogP contribution in [0.4, 0.5) is 5.69 Å². The van der Waals surface area contributed by atoms with Crippen LogP contribution in [-0.2, 0) is 6.54 Å². The van der Waals surface area contributed by atoms with Gasteiger partial charge in [0.25, 0.3) is 5.91 Å². The van der Waals surface area contributed by atoms with Crippen LogP contribution in [0.2, 0.25) is 0 Å². The van der Waals surface area contributed by atoms with Gasteiger partial charge in [-0.2, -0.15) is 0 Å². The van der Waals surface area contributed by atoms with E-state index in [0.29, 0.717) is 12.1 Å². The Hall–Kier alpha value is -2.49. The molecular formula is C16H18N2O2. The SMILES string of the molecule is CNC(=O)c1cccc(NCc2ccccc2OC)c1. The van der Waals surface area contributed by atoms with E-state index in [1.807, 2.05) is 42.5 Å². The van der Waals surface area contributed by atoms with E-state index in [0.717, 1.165) is 17.0 Å². The first kappa shape index (κ1) is 13.9. The van der Waals surface area contributed by atoms with Crippen LogP contribution >= 0.6 is 0 Å². The molecule has 0 saturated heterocycles. The van der Waals surface area contributed by atoms with Crippen molar-refractivity contribution in [3.63, 3.8) is 0 Å². The van der Waals surface area contributed by atoms with Crippen LogP contribution in [0.15, 0.2) is 48.5 Å². The number of anilines is 1. The number of methoxy groups -OCH3 is 1. The second kappa shape index (κ2) is 6.61. The normalized spacial score (nSPS) is 9.90. The van der Waals surface area contributed by atoms with Gasteiger partial charge < -0.3 is 15.4 Å². The van der Waals surface area contributed by atoms with E-state index < -0.39 is 0 Å². The van der Waals surface area contributed by atoms with Crippen LogP contribution in [0.25, 0.3) is 0 Å². The van der Waals surface area contributed by atoms with Gasteiger partial charge in [-0.25, -0.2) is 0 Å². The van der Waals surface area contributed by atoms with Gasteiger partial charge >= 0.3 is 0 Å². The highest BCUT2D eigenvalue weighted by Crippen LogP contribution is 2.19. The highest BCUT2D eigenvalue weighted by atomic mass is 16.5. The molecule has 0 saturated carbocycles. The lowest BCUT2D eigenvalue weighted by molar-refractivity contribution is 0.0963. The number of para-hydroxylation sites is 1. The predicted molar refractivity (Wildman–Crippen MR) is 80.2 cm³/mol. The van der Waals surface area contributed by atoms with E-state index in [1.54, 1.807) is 20.2 Å².